The van der Waals surface area contributed by atoms with Crippen LogP contribution in [0.5, 0.6) is 0 Å². The van der Waals surface area contributed by atoms with Gasteiger partial charge in [0.15, 0.2) is 0 Å². The quantitative estimate of drug-likeness (QED) is 0.768. The number of aryl methyl sites for hydroxylation is 1. The third-order valence-corrected chi connectivity index (χ3v) is 3.52. The Hall–Kier alpha value is -0.900. The number of halogens is 1. The smallest absolute Gasteiger partial charge is 0.253 e. The molecule has 0 unspecified atom stereocenters. The Kier molecular flexibility index (Phi) is 3.05. The average Bonchev–Trinajstić information content (AvgIpc) is 2.16. The van der Waals surface area contributed by atoms with Crippen molar-refractivity contribution in [3.05, 3.63) is 29.6 Å². The second-order valence-electron chi connectivity index (χ2n) is 3.92. The van der Waals surface area contributed by atoms with Crippen LogP contribution in [-0.2, 0) is 0 Å². The van der Waals surface area contributed by atoms with Crippen molar-refractivity contribution in [1.29, 1.82) is 0 Å². The van der Waals surface area contributed by atoms with Crippen molar-refractivity contribution >= 4 is 21.8 Å². The normalized spacial score (nSPS) is 16.3. The zero-order valence-electron chi connectivity index (χ0n) is 8.61. The highest BCUT2D eigenvalue weighted by Gasteiger charge is 2.30. The summed E-state index contributed by atoms with van der Waals surface area (Å²) in [4.78, 5) is 17.9. The Bertz CT molecular complexity index is 375. The van der Waals surface area contributed by atoms with Crippen molar-refractivity contribution in [2.24, 2.45) is 5.92 Å². The summed E-state index contributed by atoms with van der Waals surface area (Å²) in [6, 6.07) is 3.61. The van der Waals surface area contributed by atoms with Crippen LogP contribution >= 0.6 is 15.9 Å². The summed E-state index contributed by atoms with van der Waals surface area (Å²) in [6.07, 6.45) is 1.68. The number of pyridine rings is 1. The van der Waals surface area contributed by atoms with Crippen LogP contribution in [-0.4, -0.2) is 34.2 Å². The number of hydrogen-bond donors (Lipinski definition) is 0. The Balaban J connectivity index is 2.03. The first-order chi connectivity index (χ1) is 7.20. The van der Waals surface area contributed by atoms with E-state index in [1.165, 1.54) is 0 Å². The minimum atomic E-state index is 0.123. The van der Waals surface area contributed by atoms with Gasteiger partial charge in [0.1, 0.15) is 0 Å². The largest absolute Gasteiger partial charge is 0.338 e. The molecule has 80 valence electrons. The summed E-state index contributed by atoms with van der Waals surface area (Å²) in [6.45, 7) is 3.63. The van der Waals surface area contributed by atoms with Gasteiger partial charge in [-0.3, -0.25) is 9.78 Å². The van der Waals surface area contributed by atoms with Gasteiger partial charge in [0, 0.05) is 41.8 Å². The molecule has 0 bridgehead atoms. The number of nitrogens with zero attached hydrogens (tertiary/aromatic N) is 2. The van der Waals surface area contributed by atoms with E-state index in [9.17, 15) is 4.79 Å². The van der Waals surface area contributed by atoms with Crippen LogP contribution in [0.3, 0.4) is 0 Å². The predicted molar refractivity (Wildman–Crippen MR) is 62.2 cm³/mol. The molecule has 0 aromatic carbocycles. The maximum absolute atomic E-state index is 11.9. The van der Waals surface area contributed by atoms with Crippen LogP contribution in [0.4, 0.5) is 0 Å². The van der Waals surface area contributed by atoms with Gasteiger partial charge in [0.05, 0.1) is 0 Å². The molecule has 0 saturated carbocycles. The highest BCUT2D eigenvalue weighted by Crippen LogP contribution is 2.20. The van der Waals surface area contributed by atoms with Gasteiger partial charge < -0.3 is 4.90 Å². The molecule has 1 aromatic heterocycles. The standard InChI is InChI=1S/C11H13BrN2O/c1-8-4-10(2-3-13-8)11(15)14-6-9(5-12)7-14/h2-4,9H,5-7H2,1H3. The molecule has 4 heteroatoms. The SMILES string of the molecule is Cc1cc(C(=O)N2CC(CBr)C2)ccn1. The molecule has 1 aliphatic rings. The molecular weight excluding hydrogens is 256 g/mol. The van der Waals surface area contributed by atoms with Gasteiger partial charge in [-0.2, -0.15) is 0 Å². The number of alkyl halides is 1. The Labute approximate surface area is 97.6 Å². The lowest BCUT2D eigenvalue weighted by Crippen LogP contribution is -2.50. The third-order valence-electron chi connectivity index (χ3n) is 2.61. The predicted octanol–water partition coefficient (Wildman–Crippen LogP) is 1.86. The fourth-order valence-corrected chi connectivity index (χ4v) is 2.10. The van der Waals surface area contributed by atoms with Crippen molar-refractivity contribution in [2.45, 2.75) is 6.92 Å². The summed E-state index contributed by atoms with van der Waals surface area (Å²) >= 11 is 3.42. The molecule has 1 fully saturated rings. The minimum absolute atomic E-state index is 0.123. The summed E-state index contributed by atoms with van der Waals surface area (Å²) in [5.74, 6) is 0.745. The summed E-state index contributed by atoms with van der Waals surface area (Å²) in [7, 11) is 0. The Morgan fingerprint density at radius 1 is 1.67 bits per heavy atom. The van der Waals surface area contributed by atoms with E-state index < -0.39 is 0 Å². The van der Waals surface area contributed by atoms with Crippen molar-refractivity contribution in [2.75, 3.05) is 18.4 Å². The van der Waals surface area contributed by atoms with Gasteiger partial charge in [0.25, 0.3) is 5.91 Å². The molecule has 1 aromatic rings. The number of aromatic nitrogens is 1. The van der Waals surface area contributed by atoms with E-state index in [1.54, 1.807) is 12.3 Å². The first kappa shape index (κ1) is 10.6. The van der Waals surface area contributed by atoms with E-state index in [0.717, 1.165) is 29.7 Å². The van der Waals surface area contributed by atoms with E-state index in [0.29, 0.717) is 5.92 Å². The van der Waals surface area contributed by atoms with E-state index in [1.807, 2.05) is 17.9 Å². The number of carbonyl (C=O) groups excluding carboxylic acids is 1. The fourth-order valence-electron chi connectivity index (χ4n) is 1.69. The topological polar surface area (TPSA) is 33.2 Å². The minimum Gasteiger partial charge on any atom is -0.338 e. The van der Waals surface area contributed by atoms with Crippen molar-refractivity contribution in [3.8, 4) is 0 Å². The zero-order valence-corrected chi connectivity index (χ0v) is 10.2. The number of likely N-dealkylation sites (tertiary alicyclic amines) is 1. The number of rotatable bonds is 2. The lowest BCUT2D eigenvalue weighted by atomic mass is 10.0. The van der Waals surface area contributed by atoms with Crippen molar-refractivity contribution < 1.29 is 4.79 Å². The first-order valence-electron chi connectivity index (χ1n) is 4.98. The first-order valence-corrected chi connectivity index (χ1v) is 6.10. The molecule has 0 N–H and O–H groups in total. The zero-order chi connectivity index (χ0) is 10.8. The van der Waals surface area contributed by atoms with Gasteiger partial charge in [-0.15, -0.1) is 0 Å². The fraction of sp³-hybridized carbons (Fsp3) is 0.455. The molecule has 1 saturated heterocycles. The van der Waals surface area contributed by atoms with E-state index in [-0.39, 0.29) is 5.91 Å². The maximum Gasteiger partial charge on any atom is 0.253 e. The van der Waals surface area contributed by atoms with Gasteiger partial charge in [0.2, 0.25) is 0 Å². The van der Waals surface area contributed by atoms with Crippen LogP contribution in [0.15, 0.2) is 18.3 Å². The van der Waals surface area contributed by atoms with Crippen LogP contribution in [0.2, 0.25) is 0 Å². The summed E-state index contributed by atoms with van der Waals surface area (Å²) in [5.41, 5.74) is 1.63. The molecule has 0 atom stereocenters. The van der Waals surface area contributed by atoms with Gasteiger partial charge in [-0.05, 0) is 19.1 Å². The van der Waals surface area contributed by atoms with E-state index in [2.05, 4.69) is 20.9 Å². The maximum atomic E-state index is 11.9. The molecular formula is C11H13BrN2O. The van der Waals surface area contributed by atoms with E-state index in [4.69, 9.17) is 0 Å². The highest BCUT2D eigenvalue weighted by atomic mass is 79.9. The van der Waals surface area contributed by atoms with Crippen LogP contribution < -0.4 is 0 Å². The second-order valence-corrected chi connectivity index (χ2v) is 4.56. The monoisotopic (exact) mass is 268 g/mol. The van der Waals surface area contributed by atoms with Crippen LogP contribution in [0.25, 0.3) is 0 Å². The lowest BCUT2D eigenvalue weighted by Gasteiger charge is -2.38. The second kappa shape index (κ2) is 4.31. The van der Waals surface area contributed by atoms with Crippen molar-refractivity contribution in [3.63, 3.8) is 0 Å². The molecule has 3 nitrogen and oxygen atoms in total. The Morgan fingerprint density at radius 2 is 2.40 bits per heavy atom. The molecule has 1 aliphatic heterocycles. The summed E-state index contributed by atoms with van der Waals surface area (Å²) in [5, 5.41) is 0.978. The molecule has 0 spiro atoms. The lowest BCUT2D eigenvalue weighted by molar-refractivity contribution is 0.0539. The highest BCUT2D eigenvalue weighted by molar-refractivity contribution is 9.09. The van der Waals surface area contributed by atoms with Gasteiger partial charge in [-0.1, -0.05) is 15.9 Å². The number of hydrogen-bond acceptors (Lipinski definition) is 2. The van der Waals surface area contributed by atoms with Crippen LogP contribution in [0, 0.1) is 12.8 Å². The molecule has 15 heavy (non-hydrogen) atoms. The van der Waals surface area contributed by atoms with Crippen LogP contribution in [0.1, 0.15) is 16.1 Å². The molecule has 2 rings (SSSR count). The molecule has 1 amide bonds. The molecule has 0 aliphatic carbocycles. The molecule has 2 heterocycles. The Morgan fingerprint density at radius 3 is 3.00 bits per heavy atom. The van der Waals surface area contributed by atoms with Crippen molar-refractivity contribution in [1.82, 2.24) is 9.88 Å². The summed E-state index contributed by atoms with van der Waals surface area (Å²) < 4.78 is 0. The van der Waals surface area contributed by atoms with Gasteiger partial charge in [-0.25, -0.2) is 0 Å². The number of carbonyl (C=O) groups is 1. The third kappa shape index (κ3) is 2.20. The molecule has 0 radical (unpaired) electrons. The van der Waals surface area contributed by atoms with E-state index >= 15 is 0 Å². The van der Waals surface area contributed by atoms with Gasteiger partial charge >= 0.3 is 0 Å². The number of amides is 1. The average molecular weight is 269 g/mol.